The summed E-state index contributed by atoms with van der Waals surface area (Å²) >= 11 is 0. The van der Waals surface area contributed by atoms with Crippen molar-refractivity contribution in [1.82, 2.24) is 10.6 Å². The van der Waals surface area contributed by atoms with E-state index in [1.807, 2.05) is 18.2 Å². The summed E-state index contributed by atoms with van der Waals surface area (Å²) in [5, 5.41) is 26.5. The molecule has 2 aromatic carbocycles. The summed E-state index contributed by atoms with van der Waals surface area (Å²) in [4.78, 5) is 59.5. The SMILES string of the molecule is CC(C)C[C@H](NC(=O)C(=O)Nc1cccc2ccccc12)C(=O)N[C@@H](CC(=O)O)C(=O)O. The van der Waals surface area contributed by atoms with Crippen LogP contribution >= 0.6 is 0 Å². The van der Waals surface area contributed by atoms with E-state index in [-0.39, 0.29) is 12.3 Å². The first-order valence-corrected chi connectivity index (χ1v) is 9.93. The molecule has 10 heteroatoms. The maximum absolute atomic E-state index is 12.6. The number of fused-ring (bicyclic) bond motifs is 1. The van der Waals surface area contributed by atoms with Crippen LogP contribution in [0.2, 0.25) is 0 Å². The number of carboxylic acid groups (broad SMARTS) is 2. The zero-order valence-corrected chi connectivity index (χ0v) is 17.6. The summed E-state index contributed by atoms with van der Waals surface area (Å²) in [5.74, 6) is -5.98. The van der Waals surface area contributed by atoms with Crippen LogP contribution in [-0.2, 0) is 24.0 Å². The smallest absolute Gasteiger partial charge is 0.326 e. The molecule has 0 bridgehead atoms. The second-order valence-electron chi connectivity index (χ2n) is 7.63. The summed E-state index contributed by atoms with van der Waals surface area (Å²) in [6, 6.07) is 9.57. The minimum Gasteiger partial charge on any atom is -0.481 e. The average molecular weight is 443 g/mol. The van der Waals surface area contributed by atoms with Gasteiger partial charge in [-0.15, -0.1) is 0 Å². The fourth-order valence-electron chi connectivity index (χ4n) is 3.09. The van der Waals surface area contributed by atoms with Crippen LogP contribution in [0.3, 0.4) is 0 Å². The molecule has 3 amide bonds. The van der Waals surface area contributed by atoms with Crippen LogP contribution in [0.5, 0.6) is 0 Å². The van der Waals surface area contributed by atoms with Gasteiger partial charge < -0.3 is 26.2 Å². The zero-order chi connectivity index (χ0) is 23.8. The predicted octanol–water partition coefficient (Wildman–Crippen LogP) is 1.35. The summed E-state index contributed by atoms with van der Waals surface area (Å²) in [5.41, 5.74) is 0.417. The Kier molecular flexibility index (Phi) is 8.28. The van der Waals surface area contributed by atoms with Crippen LogP contribution in [0, 0.1) is 5.92 Å². The molecule has 170 valence electrons. The molecule has 0 fully saturated rings. The van der Waals surface area contributed by atoms with Crippen molar-refractivity contribution in [1.29, 1.82) is 0 Å². The van der Waals surface area contributed by atoms with E-state index in [1.165, 1.54) is 0 Å². The lowest BCUT2D eigenvalue weighted by atomic mass is 10.0. The van der Waals surface area contributed by atoms with E-state index in [0.717, 1.165) is 10.8 Å². The normalized spacial score (nSPS) is 12.6. The van der Waals surface area contributed by atoms with E-state index >= 15 is 0 Å². The van der Waals surface area contributed by atoms with Gasteiger partial charge in [0.2, 0.25) is 5.91 Å². The van der Waals surface area contributed by atoms with Crippen LogP contribution in [0.25, 0.3) is 10.8 Å². The number of amides is 3. The lowest BCUT2D eigenvalue weighted by Crippen LogP contribution is -2.54. The molecule has 0 radical (unpaired) electrons. The second kappa shape index (κ2) is 10.9. The van der Waals surface area contributed by atoms with Crippen molar-refractivity contribution >= 4 is 46.1 Å². The summed E-state index contributed by atoms with van der Waals surface area (Å²) in [6.07, 6.45) is -0.719. The largest absolute Gasteiger partial charge is 0.481 e. The minimum absolute atomic E-state index is 0.0880. The van der Waals surface area contributed by atoms with Gasteiger partial charge in [0.1, 0.15) is 12.1 Å². The Balaban J connectivity index is 2.12. The molecule has 5 N–H and O–H groups in total. The third kappa shape index (κ3) is 6.79. The van der Waals surface area contributed by atoms with E-state index in [4.69, 9.17) is 10.2 Å². The van der Waals surface area contributed by atoms with Crippen molar-refractivity contribution in [2.24, 2.45) is 5.92 Å². The second-order valence-corrected chi connectivity index (χ2v) is 7.63. The number of hydrogen-bond donors (Lipinski definition) is 5. The third-order valence-corrected chi connectivity index (χ3v) is 4.57. The molecule has 2 atom stereocenters. The highest BCUT2D eigenvalue weighted by Gasteiger charge is 2.30. The van der Waals surface area contributed by atoms with Gasteiger partial charge in [0.15, 0.2) is 0 Å². The average Bonchev–Trinajstić information content (AvgIpc) is 2.72. The fraction of sp³-hybridized carbons (Fsp3) is 0.318. The first-order chi connectivity index (χ1) is 15.1. The van der Waals surface area contributed by atoms with Gasteiger partial charge >= 0.3 is 23.8 Å². The Labute approximate surface area is 184 Å². The third-order valence-electron chi connectivity index (χ3n) is 4.57. The highest BCUT2D eigenvalue weighted by Crippen LogP contribution is 2.22. The molecule has 32 heavy (non-hydrogen) atoms. The number of carbonyl (C=O) groups is 5. The van der Waals surface area contributed by atoms with Crippen molar-refractivity contribution in [2.45, 2.75) is 38.8 Å². The molecule has 2 aromatic rings. The quantitative estimate of drug-likeness (QED) is 0.365. The Bertz CT molecular complexity index is 1030. The number of rotatable bonds is 9. The lowest BCUT2D eigenvalue weighted by molar-refractivity contribution is -0.147. The monoisotopic (exact) mass is 443 g/mol. The molecule has 0 unspecified atom stereocenters. The molecule has 10 nitrogen and oxygen atoms in total. The Morgan fingerprint density at radius 1 is 0.844 bits per heavy atom. The summed E-state index contributed by atoms with van der Waals surface area (Å²) in [6.45, 7) is 3.54. The number of nitrogens with one attached hydrogen (secondary N) is 3. The van der Waals surface area contributed by atoms with Gasteiger partial charge in [0, 0.05) is 11.1 Å². The van der Waals surface area contributed by atoms with Crippen LogP contribution in [0.4, 0.5) is 5.69 Å². The highest BCUT2D eigenvalue weighted by molar-refractivity contribution is 6.40. The molecule has 0 aliphatic carbocycles. The molecule has 0 spiro atoms. The van der Waals surface area contributed by atoms with E-state index in [0.29, 0.717) is 5.69 Å². The van der Waals surface area contributed by atoms with Crippen molar-refractivity contribution in [3.63, 3.8) is 0 Å². The van der Waals surface area contributed by atoms with Gasteiger partial charge in [0.05, 0.1) is 6.42 Å². The van der Waals surface area contributed by atoms with Crippen LogP contribution in [0.1, 0.15) is 26.7 Å². The molecule has 0 saturated carbocycles. The number of benzene rings is 2. The number of hydrogen-bond acceptors (Lipinski definition) is 5. The van der Waals surface area contributed by atoms with Crippen molar-refractivity contribution in [2.75, 3.05) is 5.32 Å². The van der Waals surface area contributed by atoms with Crippen molar-refractivity contribution in [3.8, 4) is 0 Å². The summed E-state index contributed by atoms with van der Waals surface area (Å²) < 4.78 is 0. The van der Waals surface area contributed by atoms with Crippen LogP contribution in [0.15, 0.2) is 42.5 Å². The maximum Gasteiger partial charge on any atom is 0.326 e. The van der Waals surface area contributed by atoms with Crippen LogP contribution < -0.4 is 16.0 Å². The highest BCUT2D eigenvalue weighted by atomic mass is 16.4. The zero-order valence-electron chi connectivity index (χ0n) is 17.6. The first-order valence-electron chi connectivity index (χ1n) is 9.93. The number of anilines is 1. The van der Waals surface area contributed by atoms with E-state index < -0.39 is 48.2 Å². The Hall–Kier alpha value is -3.95. The topological polar surface area (TPSA) is 162 Å². The molecule has 0 heterocycles. The van der Waals surface area contributed by atoms with Crippen molar-refractivity contribution in [3.05, 3.63) is 42.5 Å². The molecule has 0 aromatic heterocycles. The van der Waals surface area contributed by atoms with Gasteiger partial charge in [0.25, 0.3) is 0 Å². The molecule has 0 aliphatic rings. The Morgan fingerprint density at radius 3 is 2.12 bits per heavy atom. The molecule has 2 rings (SSSR count). The number of carboxylic acids is 2. The fourth-order valence-corrected chi connectivity index (χ4v) is 3.09. The van der Waals surface area contributed by atoms with Gasteiger partial charge in [-0.25, -0.2) is 4.79 Å². The maximum atomic E-state index is 12.6. The van der Waals surface area contributed by atoms with Gasteiger partial charge in [-0.3, -0.25) is 19.2 Å². The Morgan fingerprint density at radius 2 is 1.50 bits per heavy atom. The molecular weight excluding hydrogens is 418 g/mol. The number of aliphatic carboxylic acids is 2. The van der Waals surface area contributed by atoms with Gasteiger partial charge in [-0.2, -0.15) is 0 Å². The van der Waals surface area contributed by atoms with Gasteiger partial charge in [-0.1, -0.05) is 50.2 Å². The molecule has 0 saturated heterocycles. The predicted molar refractivity (Wildman–Crippen MR) is 116 cm³/mol. The number of carbonyl (C=O) groups excluding carboxylic acids is 3. The van der Waals surface area contributed by atoms with E-state index in [1.54, 1.807) is 38.1 Å². The van der Waals surface area contributed by atoms with Gasteiger partial charge in [-0.05, 0) is 23.8 Å². The first kappa shape index (κ1) is 24.3. The standard InChI is InChI=1S/C22H25N3O7/c1-12(2)10-16(19(28)25-17(22(31)32)11-18(26)27)24-21(30)20(29)23-15-9-5-7-13-6-3-4-8-14(13)15/h3-9,12,16-17H,10-11H2,1-2H3,(H,23,29)(H,24,30)(H,25,28)(H,26,27)(H,31,32)/t16-,17-/m0/s1. The molecule has 0 aliphatic heterocycles. The summed E-state index contributed by atoms with van der Waals surface area (Å²) in [7, 11) is 0. The molecular formula is C22H25N3O7. The van der Waals surface area contributed by atoms with Crippen LogP contribution in [-0.4, -0.2) is 52.0 Å². The lowest BCUT2D eigenvalue weighted by Gasteiger charge is -2.22. The van der Waals surface area contributed by atoms with E-state index in [2.05, 4.69) is 16.0 Å². The minimum atomic E-state index is -1.67. The van der Waals surface area contributed by atoms with Crippen molar-refractivity contribution < 1.29 is 34.2 Å². The van der Waals surface area contributed by atoms with E-state index in [9.17, 15) is 24.0 Å².